The van der Waals surface area contributed by atoms with Gasteiger partial charge in [0.2, 0.25) is 0 Å². The number of hydrogen-bond donors (Lipinski definition) is 3. The van der Waals surface area contributed by atoms with Crippen LogP contribution < -0.4 is 10.5 Å². The lowest BCUT2D eigenvalue weighted by Crippen LogP contribution is -2.15. The molecule has 1 aromatic heterocycles. The predicted molar refractivity (Wildman–Crippen MR) is 69.7 cm³/mol. The van der Waals surface area contributed by atoms with Crippen LogP contribution in [0.1, 0.15) is 11.4 Å². The zero-order valence-electron chi connectivity index (χ0n) is 10.4. The quantitative estimate of drug-likeness (QED) is 0.744. The molecule has 0 aliphatic heterocycles. The fourth-order valence-corrected chi connectivity index (χ4v) is 2.91. The van der Waals surface area contributed by atoms with Crippen molar-refractivity contribution in [1.82, 2.24) is 10.2 Å². The minimum atomic E-state index is -4.05. The van der Waals surface area contributed by atoms with Crippen molar-refractivity contribution in [2.24, 2.45) is 0 Å². The van der Waals surface area contributed by atoms with Gasteiger partial charge in [-0.05, 0) is 32.0 Å². The van der Waals surface area contributed by atoms with Gasteiger partial charge in [0.15, 0.2) is 0 Å². The Morgan fingerprint density at radius 3 is 2.63 bits per heavy atom. The first-order valence-electron chi connectivity index (χ1n) is 5.40. The van der Waals surface area contributed by atoms with Crippen molar-refractivity contribution in [1.29, 1.82) is 0 Å². The highest BCUT2D eigenvalue weighted by molar-refractivity contribution is 7.92. The van der Waals surface area contributed by atoms with Crippen LogP contribution in [0.25, 0.3) is 0 Å². The molecule has 1 heterocycles. The number of nitrogens with one attached hydrogen (secondary N) is 2. The van der Waals surface area contributed by atoms with Gasteiger partial charge in [-0.1, -0.05) is 0 Å². The van der Waals surface area contributed by atoms with E-state index in [2.05, 4.69) is 14.9 Å². The van der Waals surface area contributed by atoms with Gasteiger partial charge < -0.3 is 5.73 Å². The van der Waals surface area contributed by atoms with Crippen LogP contribution in [-0.4, -0.2) is 18.6 Å². The summed E-state index contributed by atoms with van der Waals surface area (Å²) in [6.45, 7) is 3.30. The van der Waals surface area contributed by atoms with E-state index in [1.54, 1.807) is 13.8 Å². The molecule has 0 bridgehead atoms. The molecule has 0 atom stereocenters. The summed E-state index contributed by atoms with van der Waals surface area (Å²) in [6.07, 6.45) is 0. The van der Waals surface area contributed by atoms with E-state index >= 15 is 0 Å². The first-order chi connectivity index (χ1) is 8.81. The predicted octanol–water partition coefficient (Wildman–Crippen LogP) is 1.55. The van der Waals surface area contributed by atoms with Crippen molar-refractivity contribution in [3.8, 4) is 0 Å². The standard InChI is InChI=1S/C11H13FN4O2S/c1-6-11(7(2)15-14-6)16-19(17,18)10-5-8(13)3-4-9(10)12/h3-5,16H,13H2,1-2H3,(H,14,15). The normalized spacial score (nSPS) is 11.5. The molecule has 6 nitrogen and oxygen atoms in total. The van der Waals surface area contributed by atoms with Crippen LogP contribution in [0.15, 0.2) is 23.1 Å². The Morgan fingerprint density at radius 1 is 1.37 bits per heavy atom. The topological polar surface area (TPSA) is 101 Å². The highest BCUT2D eigenvalue weighted by Gasteiger charge is 2.22. The highest BCUT2D eigenvalue weighted by Crippen LogP contribution is 2.24. The summed E-state index contributed by atoms with van der Waals surface area (Å²) in [5.41, 5.74) is 6.98. The van der Waals surface area contributed by atoms with Crippen LogP contribution in [0, 0.1) is 19.7 Å². The molecule has 4 N–H and O–H groups in total. The number of aryl methyl sites for hydroxylation is 2. The van der Waals surface area contributed by atoms with E-state index < -0.39 is 20.7 Å². The molecule has 0 unspecified atom stereocenters. The number of H-pyrrole nitrogens is 1. The van der Waals surface area contributed by atoms with Gasteiger partial charge in [-0.2, -0.15) is 5.10 Å². The second-order valence-corrected chi connectivity index (χ2v) is 5.76. The van der Waals surface area contributed by atoms with Crippen molar-refractivity contribution in [3.63, 3.8) is 0 Å². The number of benzene rings is 1. The van der Waals surface area contributed by atoms with Crippen LogP contribution in [0.3, 0.4) is 0 Å². The number of sulfonamides is 1. The van der Waals surface area contributed by atoms with Crippen molar-refractivity contribution in [3.05, 3.63) is 35.4 Å². The van der Waals surface area contributed by atoms with E-state index in [4.69, 9.17) is 5.73 Å². The van der Waals surface area contributed by atoms with Gasteiger partial charge in [0, 0.05) is 5.69 Å². The van der Waals surface area contributed by atoms with Gasteiger partial charge in [-0.25, -0.2) is 12.8 Å². The van der Waals surface area contributed by atoms with Crippen LogP contribution in [0.5, 0.6) is 0 Å². The lowest BCUT2D eigenvalue weighted by molar-refractivity contribution is 0.570. The van der Waals surface area contributed by atoms with Gasteiger partial charge in [-0.15, -0.1) is 0 Å². The second kappa shape index (κ2) is 4.54. The number of nitrogens with zero attached hydrogens (tertiary/aromatic N) is 1. The Kier molecular flexibility index (Phi) is 3.19. The maximum Gasteiger partial charge on any atom is 0.265 e. The van der Waals surface area contributed by atoms with E-state index in [1.165, 1.54) is 6.07 Å². The van der Waals surface area contributed by atoms with E-state index in [9.17, 15) is 12.8 Å². The molecule has 0 radical (unpaired) electrons. The first-order valence-corrected chi connectivity index (χ1v) is 6.89. The molecule has 8 heteroatoms. The SMILES string of the molecule is Cc1n[nH]c(C)c1NS(=O)(=O)c1cc(N)ccc1F. The van der Waals surface area contributed by atoms with Crippen molar-refractivity contribution in [2.45, 2.75) is 18.7 Å². The zero-order chi connectivity index (χ0) is 14.2. The van der Waals surface area contributed by atoms with E-state index in [0.717, 1.165) is 12.1 Å². The summed E-state index contributed by atoms with van der Waals surface area (Å²) in [6, 6.07) is 3.38. The van der Waals surface area contributed by atoms with Gasteiger partial charge >= 0.3 is 0 Å². The molecule has 0 fully saturated rings. The van der Waals surface area contributed by atoms with E-state index in [0.29, 0.717) is 17.1 Å². The second-order valence-electron chi connectivity index (χ2n) is 4.10. The van der Waals surface area contributed by atoms with Crippen molar-refractivity contribution >= 4 is 21.4 Å². The highest BCUT2D eigenvalue weighted by atomic mass is 32.2. The summed E-state index contributed by atoms with van der Waals surface area (Å²) < 4.78 is 40.2. The maximum atomic E-state index is 13.6. The average molecular weight is 284 g/mol. The number of halogens is 1. The van der Waals surface area contributed by atoms with Gasteiger partial charge in [-0.3, -0.25) is 9.82 Å². The molecule has 2 aromatic rings. The van der Waals surface area contributed by atoms with Crippen molar-refractivity contribution < 1.29 is 12.8 Å². The lowest BCUT2D eigenvalue weighted by atomic mass is 10.3. The maximum absolute atomic E-state index is 13.6. The Balaban J connectivity index is 2.47. The molecule has 0 saturated heterocycles. The average Bonchev–Trinajstić information content (AvgIpc) is 2.63. The summed E-state index contributed by atoms with van der Waals surface area (Å²) in [5.74, 6) is -0.861. The van der Waals surface area contributed by atoms with Crippen LogP contribution in [0.4, 0.5) is 15.8 Å². The smallest absolute Gasteiger partial charge is 0.265 e. The minimum Gasteiger partial charge on any atom is -0.399 e. The first kappa shape index (κ1) is 13.3. The van der Waals surface area contributed by atoms with Gasteiger partial charge in [0.25, 0.3) is 10.0 Å². The third-order valence-corrected chi connectivity index (χ3v) is 3.97. The number of nitrogens with two attached hydrogens (primary N) is 1. The Bertz CT molecular complexity index is 705. The summed E-state index contributed by atoms with van der Waals surface area (Å²) in [7, 11) is -4.05. The Hall–Kier alpha value is -2.09. The largest absolute Gasteiger partial charge is 0.399 e. The number of aromatic amines is 1. The molecular formula is C11H13FN4O2S. The molecule has 1 aromatic carbocycles. The number of anilines is 2. The van der Waals surface area contributed by atoms with Gasteiger partial charge in [0.05, 0.1) is 17.1 Å². The summed E-state index contributed by atoms with van der Waals surface area (Å²) in [4.78, 5) is -0.493. The fraction of sp³-hybridized carbons (Fsp3) is 0.182. The Morgan fingerprint density at radius 2 is 2.05 bits per heavy atom. The zero-order valence-corrected chi connectivity index (χ0v) is 11.2. The molecule has 0 spiro atoms. The molecule has 2 rings (SSSR count). The third kappa shape index (κ3) is 2.53. The number of hydrogen-bond acceptors (Lipinski definition) is 4. The van der Waals surface area contributed by atoms with E-state index in [-0.39, 0.29) is 5.69 Å². The third-order valence-electron chi connectivity index (χ3n) is 2.61. The van der Waals surface area contributed by atoms with Crippen LogP contribution >= 0.6 is 0 Å². The van der Waals surface area contributed by atoms with Crippen molar-refractivity contribution in [2.75, 3.05) is 10.5 Å². The molecule has 0 amide bonds. The molecule has 102 valence electrons. The number of nitrogen functional groups attached to an aromatic ring is 1. The molecule has 19 heavy (non-hydrogen) atoms. The molecular weight excluding hydrogens is 271 g/mol. The minimum absolute atomic E-state index is 0.169. The molecule has 0 aliphatic rings. The van der Waals surface area contributed by atoms with Crippen LogP contribution in [-0.2, 0) is 10.0 Å². The lowest BCUT2D eigenvalue weighted by Gasteiger charge is -2.09. The summed E-state index contributed by atoms with van der Waals surface area (Å²) >= 11 is 0. The molecule has 0 saturated carbocycles. The number of rotatable bonds is 3. The van der Waals surface area contributed by atoms with E-state index in [1.807, 2.05) is 0 Å². The van der Waals surface area contributed by atoms with Gasteiger partial charge in [0.1, 0.15) is 10.7 Å². The number of aromatic nitrogens is 2. The monoisotopic (exact) mass is 284 g/mol. The summed E-state index contributed by atoms with van der Waals surface area (Å²) in [5, 5.41) is 6.51. The van der Waals surface area contributed by atoms with Crippen LogP contribution in [0.2, 0.25) is 0 Å². The molecule has 0 aliphatic carbocycles. The Labute approximate surface area is 109 Å². The fourth-order valence-electron chi connectivity index (χ4n) is 1.62.